The van der Waals surface area contributed by atoms with Crippen molar-refractivity contribution in [3.05, 3.63) is 0 Å². The molecule has 0 bridgehead atoms. The van der Waals surface area contributed by atoms with Crippen LogP contribution >= 0.6 is 0 Å². The molecule has 0 radical (unpaired) electrons. The van der Waals surface area contributed by atoms with Crippen molar-refractivity contribution in [2.24, 2.45) is 5.73 Å². The maximum absolute atomic E-state index is 5.42. The van der Waals surface area contributed by atoms with E-state index in [1.807, 2.05) is 0 Å². The van der Waals surface area contributed by atoms with Crippen LogP contribution in [0.1, 0.15) is 27.7 Å². The molecule has 4 N–H and O–H groups in total. The van der Waals surface area contributed by atoms with Crippen LogP contribution in [0.3, 0.4) is 0 Å². The topological polar surface area (TPSA) is 53.3 Å². The van der Waals surface area contributed by atoms with Gasteiger partial charge in [0.05, 0.1) is 0 Å². The van der Waals surface area contributed by atoms with Gasteiger partial charge < -0.3 is 21.3 Å². The molecule has 0 fully saturated rings. The van der Waals surface area contributed by atoms with Gasteiger partial charge in [-0.05, 0) is 41.8 Å². The molecule has 16 heavy (non-hydrogen) atoms. The van der Waals surface area contributed by atoms with E-state index < -0.39 is 0 Å². The molecular formula is C12H30N4. The third kappa shape index (κ3) is 4.37. The molecule has 0 rings (SSSR count). The summed E-state index contributed by atoms with van der Waals surface area (Å²) in [5, 5.41) is 6.88. The van der Waals surface area contributed by atoms with E-state index in [9.17, 15) is 0 Å². The predicted octanol–water partition coefficient (Wildman–Crippen LogP) is 0.243. The smallest absolute Gasteiger partial charge is 0.0323 e. The Kier molecular flexibility index (Phi) is 6.48. The molecule has 0 aromatic rings. The van der Waals surface area contributed by atoms with Crippen LogP contribution in [0, 0.1) is 0 Å². The third-order valence-electron chi connectivity index (χ3n) is 3.84. The zero-order valence-corrected chi connectivity index (χ0v) is 11.9. The van der Waals surface area contributed by atoms with Crippen molar-refractivity contribution in [1.82, 2.24) is 15.5 Å². The van der Waals surface area contributed by atoms with Crippen LogP contribution in [0.25, 0.3) is 0 Å². The molecule has 0 spiro atoms. The van der Waals surface area contributed by atoms with Crippen molar-refractivity contribution in [2.75, 3.05) is 40.3 Å². The molecule has 0 aliphatic carbocycles. The number of hydrogen-bond acceptors (Lipinski definition) is 4. The molecule has 0 aliphatic heterocycles. The van der Waals surface area contributed by atoms with Gasteiger partial charge in [-0.2, -0.15) is 0 Å². The van der Waals surface area contributed by atoms with Crippen LogP contribution in [0.15, 0.2) is 0 Å². The van der Waals surface area contributed by atoms with Gasteiger partial charge in [0.25, 0.3) is 0 Å². The highest BCUT2D eigenvalue weighted by Gasteiger charge is 2.37. The van der Waals surface area contributed by atoms with Crippen LogP contribution in [-0.2, 0) is 0 Å². The first-order chi connectivity index (χ1) is 7.25. The molecule has 0 saturated carbocycles. The van der Waals surface area contributed by atoms with Gasteiger partial charge in [-0.25, -0.2) is 0 Å². The van der Waals surface area contributed by atoms with Gasteiger partial charge >= 0.3 is 0 Å². The minimum atomic E-state index is 0.0703. The van der Waals surface area contributed by atoms with Gasteiger partial charge in [-0.15, -0.1) is 0 Å². The predicted molar refractivity (Wildman–Crippen MR) is 71.8 cm³/mol. The Balaban J connectivity index is 4.04. The lowest BCUT2D eigenvalue weighted by Gasteiger charge is -2.47. The summed E-state index contributed by atoms with van der Waals surface area (Å²) < 4.78 is 0. The van der Waals surface area contributed by atoms with E-state index in [-0.39, 0.29) is 11.1 Å². The van der Waals surface area contributed by atoms with Crippen molar-refractivity contribution >= 4 is 0 Å². The SMILES string of the molecule is CN(C)C(C)(C)C(C)(C)NCCNCCN. The summed E-state index contributed by atoms with van der Waals surface area (Å²) in [6, 6.07) is 0. The molecule has 0 heterocycles. The molecule has 0 unspecified atom stereocenters. The van der Waals surface area contributed by atoms with Gasteiger partial charge in [0.1, 0.15) is 0 Å². The summed E-state index contributed by atoms with van der Waals surface area (Å²) in [5.41, 5.74) is 5.60. The highest BCUT2D eigenvalue weighted by atomic mass is 15.2. The van der Waals surface area contributed by atoms with Crippen molar-refractivity contribution < 1.29 is 0 Å². The van der Waals surface area contributed by atoms with Gasteiger partial charge in [0.15, 0.2) is 0 Å². The molecule has 0 aliphatic rings. The Morgan fingerprint density at radius 2 is 1.56 bits per heavy atom. The quantitative estimate of drug-likeness (QED) is 0.523. The van der Waals surface area contributed by atoms with Gasteiger partial charge in [-0.1, -0.05) is 0 Å². The molecule has 0 saturated heterocycles. The van der Waals surface area contributed by atoms with E-state index in [1.165, 1.54) is 0 Å². The zero-order valence-electron chi connectivity index (χ0n) is 11.9. The minimum absolute atomic E-state index is 0.0703. The van der Waals surface area contributed by atoms with E-state index in [0.717, 1.165) is 19.6 Å². The average molecular weight is 230 g/mol. The number of nitrogens with two attached hydrogens (primary N) is 1. The number of hydrogen-bond donors (Lipinski definition) is 3. The lowest BCUT2D eigenvalue weighted by molar-refractivity contribution is 0.0847. The first-order valence-electron chi connectivity index (χ1n) is 6.09. The molecule has 0 aromatic carbocycles. The number of nitrogens with one attached hydrogen (secondary N) is 2. The molecule has 4 nitrogen and oxygen atoms in total. The average Bonchev–Trinajstić information content (AvgIpc) is 2.16. The van der Waals surface area contributed by atoms with Crippen LogP contribution in [-0.4, -0.2) is 56.3 Å². The normalized spacial score (nSPS) is 13.5. The summed E-state index contributed by atoms with van der Waals surface area (Å²) >= 11 is 0. The molecular weight excluding hydrogens is 200 g/mol. The Labute approximate surface area is 101 Å². The highest BCUT2D eigenvalue weighted by molar-refractivity contribution is 4.99. The van der Waals surface area contributed by atoms with Crippen LogP contribution in [0.5, 0.6) is 0 Å². The van der Waals surface area contributed by atoms with Gasteiger partial charge in [0.2, 0.25) is 0 Å². The van der Waals surface area contributed by atoms with Crippen LogP contribution in [0.4, 0.5) is 0 Å². The van der Waals surface area contributed by atoms with Crippen molar-refractivity contribution in [3.8, 4) is 0 Å². The van der Waals surface area contributed by atoms with Gasteiger partial charge in [-0.3, -0.25) is 0 Å². The fourth-order valence-corrected chi connectivity index (χ4v) is 1.47. The van der Waals surface area contributed by atoms with Crippen LogP contribution < -0.4 is 16.4 Å². The summed E-state index contributed by atoms with van der Waals surface area (Å²) in [4.78, 5) is 2.26. The van der Waals surface area contributed by atoms with Crippen molar-refractivity contribution in [2.45, 2.75) is 38.8 Å². The molecule has 0 aromatic heterocycles. The molecule has 0 atom stereocenters. The lowest BCUT2D eigenvalue weighted by atomic mass is 9.81. The van der Waals surface area contributed by atoms with Gasteiger partial charge in [0, 0.05) is 37.3 Å². The minimum Gasteiger partial charge on any atom is -0.329 e. The summed E-state index contributed by atoms with van der Waals surface area (Å²) in [6.07, 6.45) is 0. The maximum atomic E-state index is 5.42. The highest BCUT2D eigenvalue weighted by Crippen LogP contribution is 2.25. The molecule has 4 heteroatoms. The number of rotatable bonds is 8. The van der Waals surface area contributed by atoms with E-state index in [2.05, 4.69) is 57.3 Å². The van der Waals surface area contributed by atoms with Crippen molar-refractivity contribution in [3.63, 3.8) is 0 Å². The fourth-order valence-electron chi connectivity index (χ4n) is 1.47. The first kappa shape index (κ1) is 15.8. The Morgan fingerprint density at radius 1 is 1.00 bits per heavy atom. The zero-order chi connectivity index (χ0) is 12.8. The second kappa shape index (κ2) is 6.55. The lowest BCUT2D eigenvalue weighted by Crippen LogP contribution is -2.63. The Morgan fingerprint density at radius 3 is 2.00 bits per heavy atom. The molecule has 0 amide bonds. The fraction of sp³-hybridized carbons (Fsp3) is 1.00. The third-order valence-corrected chi connectivity index (χ3v) is 3.84. The Bertz CT molecular complexity index is 187. The maximum Gasteiger partial charge on any atom is 0.0323 e. The molecule has 98 valence electrons. The second-order valence-corrected chi connectivity index (χ2v) is 5.54. The van der Waals surface area contributed by atoms with E-state index >= 15 is 0 Å². The van der Waals surface area contributed by atoms with E-state index in [0.29, 0.717) is 6.54 Å². The standard InChI is InChI=1S/C12H30N4/c1-11(2,12(3,4)16(5)6)15-10-9-14-8-7-13/h14-15H,7-10,13H2,1-6H3. The monoisotopic (exact) mass is 230 g/mol. The number of likely N-dealkylation sites (N-methyl/N-ethyl adjacent to an activating group) is 1. The van der Waals surface area contributed by atoms with Crippen molar-refractivity contribution in [1.29, 1.82) is 0 Å². The van der Waals surface area contributed by atoms with Crippen LogP contribution in [0.2, 0.25) is 0 Å². The summed E-state index contributed by atoms with van der Waals surface area (Å²) in [7, 11) is 4.24. The first-order valence-corrected chi connectivity index (χ1v) is 6.09. The summed E-state index contributed by atoms with van der Waals surface area (Å²) in [5.74, 6) is 0. The second-order valence-electron chi connectivity index (χ2n) is 5.54. The van der Waals surface area contributed by atoms with E-state index in [1.54, 1.807) is 0 Å². The Hall–Kier alpha value is -0.160. The largest absolute Gasteiger partial charge is 0.329 e. The number of nitrogens with zero attached hydrogens (tertiary/aromatic N) is 1. The van der Waals surface area contributed by atoms with E-state index in [4.69, 9.17) is 5.73 Å². The summed E-state index contributed by atoms with van der Waals surface area (Å²) in [6.45, 7) is 12.5.